The first-order chi connectivity index (χ1) is 8.82. The van der Waals surface area contributed by atoms with Crippen molar-refractivity contribution in [1.82, 2.24) is 4.31 Å². The Balaban J connectivity index is 2.29. The third-order valence-electron chi connectivity index (χ3n) is 4.06. The first-order valence-electron chi connectivity index (χ1n) is 6.58. The van der Waals surface area contributed by atoms with E-state index in [9.17, 15) is 8.42 Å². The molecule has 1 saturated heterocycles. The fraction of sp³-hybridized carbons (Fsp3) is 0.571. The second-order valence-electron chi connectivity index (χ2n) is 5.52. The predicted molar refractivity (Wildman–Crippen MR) is 80.6 cm³/mol. The maximum Gasteiger partial charge on any atom is 0.243 e. The number of aryl methyl sites for hydroxylation is 1. The average molecular weight is 346 g/mol. The first kappa shape index (κ1) is 15.0. The summed E-state index contributed by atoms with van der Waals surface area (Å²) in [5, 5.41) is 0. The highest BCUT2D eigenvalue weighted by Crippen LogP contribution is 2.28. The van der Waals surface area contributed by atoms with Crippen molar-refractivity contribution in [2.45, 2.75) is 32.1 Å². The molecule has 2 rings (SSSR count). The van der Waals surface area contributed by atoms with Gasteiger partial charge >= 0.3 is 0 Å². The highest BCUT2D eigenvalue weighted by atomic mass is 79.9. The number of piperidine rings is 1. The molecule has 5 heteroatoms. The molecule has 0 spiro atoms. The average Bonchev–Trinajstić information content (AvgIpc) is 2.35. The molecule has 1 aliphatic rings. The summed E-state index contributed by atoms with van der Waals surface area (Å²) >= 11 is 3.40. The van der Waals surface area contributed by atoms with Crippen LogP contribution in [0, 0.1) is 18.8 Å². The van der Waals surface area contributed by atoms with Crippen LogP contribution in [0.5, 0.6) is 0 Å². The predicted octanol–water partition coefficient (Wildman–Crippen LogP) is 3.42. The highest BCUT2D eigenvalue weighted by Gasteiger charge is 2.31. The zero-order chi connectivity index (χ0) is 14.2. The number of hydrogen-bond acceptors (Lipinski definition) is 2. The van der Waals surface area contributed by atoms with E-state index in [4.69, 9.17) is 0 Å². The molecule has 0 bridgehead atoms. The van der Waals surface area contributed by atoms with Gasteiger partial charge in [-0.15, -0.1) is 0 Å². The summed E-state index contributed by atoms with van der Waals surface area (Å²) in [6, 6.07) is 5.22. The Morgan fingerprint density at radius 2 is 1.95 bits per heavy atom. The van der Waals surface area contributed by atoms with Crippen LogP contribution in [-0.4, -0.2) is 25.8 Å². The molecule has 1 aromatic rings. The molecule has 0 radical (unpaired) electrons. The molecule has 19 heavy (non-hydrogen) atoms. The van der Waals surface area contributed by atoms with E-state index in [-0.39, 0.29) is 0 Å². The Labute approximate surface area is 124 Å². The number of halogens is 1. The van der Waals surface area contributed by atoms with E-state index in [1.807, 2.05) is 6.92 Å². The van der Waals surface area contributed by atoms with Gasteiger partial charge in [-0.05, 0) is 48.9 Å². The second kappa shape index (κ2) is 5.54. The molecule has 0 aromatic heterocycles. The summed E-state index contributed by atoms with van der Waals surface area (Å²) < 4.78 is 27.8. The normalized spacial score (nSPS) is 25.5. The number of nitrogens with zero attached hydrogens (tertiary/aromatic N) is 1. The SMILES string of the molecule is Cc1cc(S(=O)(=O)N2CCC(C)C(C)C2)ccc1Br. The Kier molecular flexibility index (Phi) is 4.38. The third kappa shape index (κ3) is 3.03. The monoisotopic (exact) mass is 345 g/mol. The van der Waals surface area contributed by atoms with E-state index in [2.05, 4.69) is 29.8 Å². The van der Waals surface area contributed by atoms with Gasteiger partial charge in [-0.1, -0.05) is 29.8 Å². The summed E-state index contributed by atoms with van der Waals surface area (Å²) in [6.07, 6.45) is 0.940. The van der Waals surface area contributed by atoms with Gasteiger partial charge in [0, 0.05) is 17.6 Å². The van der Waals surface area contributed by atoms with Crippen LogP contribution in [0.3, 0.4) is 0 Å². The van der Waals surface area contributed by atoms with Gasteiger partial charge in [0.15, 0.2) is 0 Å². The molecule has 0 N–H and O–H groups in total. The lowest BCUT2D eigenvalue weighted by molar-refractivity contribution is 0.212. The van der Waals surface area contributed by atoms with Crippen molar-refractivity contribution >= 4 is 26.0 Å². The van der Waals surface area contributed by atoms with Gasteiger partial charge in [-0.3, -0.25) is 0 Å². The van der Waals surface area contributed by atoms with Crippen molar-refractivity contribution in [3.8, 4) is 0 Å². The van der Waals surface area contributed by atoms with Gasteiger partial charge in [0.2, 0.25) is 10.0 Å². The zero-order valence-corrected chi connectivity index (χ0v) is 14.0. The summed E-state index contributed by atoms with van der Waals surface area (Å²) in [6.45, 7) is 7.48. The van der Waals surface area contributed by atoms with E-state index >= 15 is 0 Å². The van der Waals surface area contributed by atoms with Crippen LogP contribution in [0.15, 0.2) is 27.6 Å². The number of benzene rings is 1. The number of sulfonamides is 1. The maximum atomic E-state index is 12.6. The minimum absolute atomic E-state index is 0.398. The van der Waals surface area contributed by atoms with Crippen molar-refractivity contribution in [3.63, 3.8) is 0 Å². The van der Waals surface area contributed by atoms with E-state index in [1.165, 1.54) is 0 Å². The summed E-state index contributed by atoms with van der Waals surface area (Å²) in [5.74, 6) is 1.01. The van der Waals surface area contributed by atoms with Gasteiger partial charge in [-0.2, -0.15) is 4.31 Å². The molecule has 0 aliphatic carbocycles. The maximum absolute atomic E-state index is 12.6. The van der Waals surface area contributed by atoms with E-state index in [0.29, 0.717) is 29.8 Å². The summed E-state index contributed by atoms with van der Waals surface area (Å²) in [5.41, 5.74) is 0.944. The largest absolute Gasteiger partial charge is 0.243 e. The second-order valence-corrected chi connectivity index (χ2v) is 8.31. The molecule has 1 aromatic carbocycles. The van der Waals surface area contributed by atoms with Crippen LogP contribution in [-0.2, 0) is 10.0 Å². The molecule has 2 unspecified atom stereocenters. The van der Waals surface area contributed by atoms with Crippen molar-refractivity contribution in [1.29, 1.82) is 0 Å². The van der Waals surface area contributed by atoms with Gasteiger partial charge in [0.1, 0.15) is 0 Å². The van der Waals surface area contributed by atoms with Crippen molar-refractivity contribution in [2.24, 2.45) is 11.8 Å². The van der Waals surface area contributed by atoms with Crippen molar-refractivity contribution < 1.29 is 8.42 Å². The van der Waals surface area contributed by atoms with Crippen LogP contribution in [0.4, 0.5) is 0 Å². The summed E-state index contributed by atoms with van der Waals surface area (Å²) in [7, 11) is -3.35. The quantitative estimate of drug-likeness (QED) is 0.823. The Morgan fingerprint density at radius 1 is 1.26 bits per heavy atom. The van der Waals surface area contributed by atoms with Crippen LogP contribution in [0.2, 0.25) is 0 Å². The molecular formula is C14H20BrNO2S. The minimum atomic E-state index is -3.35. The number of rotatable bonds is 2. The first-order valence-corrected chi connectivity index (χ1v) is 8.82. The standard InChI is InChI=1S/C14H20BrNO2S/c1-10-6-7-16(9-12(10)3)19(17,18)13-4-5-14(15)11(2)8-13/h4-5,8,10,12H,6-7,9H2,1-3H3. The lowest BCUT2D eigenvalue weighted by Gasteiger charge is -2.34. The lowest BCUT2D eigenvalue weighted by atomic mass is 9.90. The fourth-order valence-electron chi connectivity index (χ4n) is 2.37. The molecule has 106 valence electrons. The lowest BCUT2D eigenvalue weighted by Crippen LogP contribution is -2.42. The highest BCUT2D eigenvalue weighted by molar-refractivity contribution is 9.10. The molecule has 1 heterocycles. The molecule has 0 amide bonds. The van der Waals surface area contributed by atoms with Crippen LogP contribution in [0.1, 0.15) is 25.8 Å². The third-order valence-corrected chi connectivity index (χ3v) is 6.81. The minimum Gasteiger partial charge on any atom is -0.207 e. The molecule has 1 aliphatic heterocycles. The molecular weight excluding hydrogens is 326 g/mol. The molecule has 0 saturated carbocycles. The number of hydrogen-bond donors (Lipinski definition) is 0. The van der Waals surface area contributed by atoms with Crippen LogP contribution < -0.4 is 0 Å². The van der Waals surface area contributed by atoms with E-state index in [0.717, 1.165) is 16.5 Å². The molecule has 1 fully saturated rings. The van der Waals surface area contributed by atoms with Gasteiger partial charge in [-0.25, -0.2) is 8.42 Å². The zero-order valence-electron chi connectivity index (χ0n) is 11.6. The Hall–Kier alpha value is -0.390. The Morgan fingerprint density at radius 3 is 2.53 bits per heavy atom. The molecule has 3 nitrogen and oxygen atoms in total. The van der Waals surface area contributed by atoms with E-state index < -0.39 is 10.0 Å². The van der Waals surface area contributed by atoms with Gasteiger partial charge < -0.3 is 0 Å². The topological polar surface area (TPSA) is 37.4 Å². The van der Waals surface area contributed by atoms with Crippen LogP contribution >= 0.6 is 15.9 Å². The van der Waals surface area contributed by atoms with Crippen LogP contribution in [0.25, 0.3) is 0 Å². The van der Waals surface area contributed by atoms with Crippen molar-refractivity contribution in [3.05, 3.63) is 28.2 Å². The smallest absolute Gasteiger partial charge is 0.207 e. The summed E-state index contributed by atoms with van der Waals surface area (Å²) in [4.78, 5) is 0.398. The fourth-order valence-corrected chi connectivity index (χ4v) is 4.26. The Bertz CT molecular complexity index is 571. The molecule has 2 atom stereocenters. The van der Waals surface area contributed by atoms with E-state index in [1.54, 1.807) is 22.5 Å². The van der Waals surface area contributed by atoms with Gasteiger partial charge in [0.25, 0.3) is 0 Å². The van der Waals surface area contributed by atoms with Crippen molar-refractivity contribution in [2.75, 3.05) is 13.1 Å². The van der Waals surface area contributed by atoms with Gasteiger partial charge in [0.05, 0.1) is 4.90 Å².